The van der Waals surface area contributed by atoms with Gasteiger partial charge in [-0.2, -0.15) is 5.10 Å². The number of nitrogens with one attached hydrogen (secondary N) is 1. The summed E-state index contributed by atoms with van der Waals surface area (Å²) in [4.78, 5) is 24.9. The van der Waals surface area contributed by atoms with E-state index in [1.165, 1.54) is 49.3 Å². The fourth-order valence-corrected chi connectivity index (χ4v) is 5.71. The number of imidazole rings is 1. The minimum Gasteiger partial charge on any atom is -0.356 e. The minimum absolute atomic E-state index is 0.0214. The number of piperidine rings is 1. The van der Waals surface area contributed by atoms with Crippen LogP contribution in [0.4, 0.5) is 5.82 Å². The van der Waals surface area contributed by atoms with E-state index >= 15 is 0 Å². The first kappa shape index (κ1) is 19.3. The molecular formula is C25H29N7O. The van der Waals surface area contributed by atoms with Gasteiger partial charge in [0.25, 0.3) is 5.91 Å². The molecule has 2 unspecified atom stereocenters. The zero-order chi connectivity index (χ0) is 22.1. The summed E-state index contributed by atoms with van der Waals surface area (Å²) in [5, 5.41) is 7.63. The van der Waals surface area contributed by atoms with Crippen LogP contribution in [0.3, 0.4) is 0 Å². The van der Waals surface area contributed by atoms with Crippen molar-refractivity contribution in [1.29, 1.82) is 0 Å². The smallest absolute Gasteiger partial charge is 0.255 e. The third-order valence-electron chi connectivity index (χ3n) is 7.89. The van der Waals surface area contributed by atoms with Crippen LogP contribution in [0.5, 0.6) is 0 Å². The van der Waals surface area contributed by atoms with Crippen molar-refractivity contribution in [3.63, 3.8) is 0 Å². The van der Waals surface area contributed by atoms with Gasteiger partial charge in [0.05, 0.1) is 42.1 Å². The van der Waals surface area contributed by atoms with Crippen molar-refractivity contribution in [3.05, 3.63) is 59.1 Å². The number of aryl methyl sites for hydroxylation is 1. The summed E-state index contributed by atoms with van der Waals surface area (Å²) in [6, 6.07) is 4.38. The van der Waals surface area contributed by atoms with Crippen LogP contribution in [0.2, 0.25) is 0 Å². The predicted molar refractivity (Wildman–Crippen MR) is 123 cm³/mol. The maximum absolute atomic E-state index is 12.9. The highest BCUT2D eigenvalue weighted by atomic mass is 16.1. The molecule has 3 fully saturated rings. The van der Waals surface area contributed by atoms with Gasteiger partial charge in [-0.3, -0.25) is 9.48 Å². The summed E-state index contributed by atoms with van der Waals surface area (Å²) >= 11 is 0. The van der Waals surface area contributed by atoms with Crippen LogP contribution in [0.1, 0.15) is 70.6 Å². The Hall–Kier alpha value is -3.16. The quantitative estimate of drug-likeness (QED) is 0.634. The highest BCUT2D eigenvalue weighted by Crippen LogP contribution is 2.47. The van der Waals surface area contributed by atoms with Crippen molar-refractivity contribution < 1.29 is 4.79 Å². The van der Waals surface area contributed by atoms with Crippen LogP contribution >= 0.6 is 0 Å². The molecule has 33 heavy (non-hydrogen) atoms. The number of carbonyl (C=O) groups excluding carboxylic acids is 1. The van der Waals surface area contributed by atoms with E-state index in [0.717, 1.165) is 36.2 Å². The monoisotopic (exact) mass is 443 g/mol. The topological polar surface area (TPSA) is 80.9 Å². The van der Waals surface area contributed by atoms with Crippen molar-refractivity contribution in [3.8, 4) is 0 Å². The summed E-state index contributed by atoms with van der Waals surface area (Å²) < 4.78 is 3.91. The predicted octanol–water partition coefficient (Wildman–Crippen LogP) is 2.81. The molecule has 4 heterocycles. The lowest BCUT2D eigenvalue weighted by Crippen LogP contribution is -2.27. The van der Waals surface area contributed by atoms with E-state index in [1.54, 1.807) is 6.20 Å². The highest BCUT2D eigenvalue weighted by Gasteiger charge is 2.45. The third kappa shape index (κ3) is 3.43. The van der Waals surface area contributed by atoms with Crippen LogP contribution in [0.25, 0.3) is 0 Å². The van der Waals surface area contributed by atoms with Gasteiger partial charge in [0.1, 0.15) is 5.82 Å². The molecule has 4 aliphatic rings. The molecule has 2 saturated carbocycles. The maximum Gasteiger partial charge on any atom is 0.255 e. The fourth-order valence-electron chi connectivity index (χ4n) is 5.71. The van der Waals surface area contributed by atoms with Gasteiger partial charge in [-0.15, -0.1) is 0 Å². The fraction of sp³-hybridized carbons (Fsp3) is 0.520. The van der Waals surface area contributed by atoms with Gasteiger partial charge >= 0.3 is 0 Å². The largest absolute Gasteiger partial charge is 0.356 e. The Morgan fingerprint density at radius 3 is 2.82 bits per heavy atom. The van der Waals surface area contributed by atoms with Gasteiger partial charge in [0, 0.05) is 37.9 Å². The molecule has 3 aromatic heterocycles. The standard InChI is InChI=1S/C25H29N7O/c1-30-14-26-24-20(5-6-21(24)30)28-25(33)19-9-27-32(13-19)12-16-4-7-22(29-23(16)15-2-3-15)31-10-17-8-18(17)11-31/h4,7,9,13-15,17-18,20H,2-3,5-6,8,10-12H2,1H3,(H,28,33)/t17?,18?,20-/m1/s1. The molecule has 8 nitrogen and oxygen atoms in total. The Kier molecular flexibility index (Phi) is 4.20. The first-order valence-electron chi connectivity index (χ1n) is 12.2. The molecule has 1 amide bonds. The Labute approximate surface area is 193 Å². The van der Waals surface area contributed by atoms with Crippen LogP contribution in [0.15, 0.2) is 30.9 Å². The van der Waals surface area contributed by atoms with E-state index in [9.17, 15) is 4.79 Å². The first-order chi connectivity index (χ1) is 16.1. The average Bonchev–Trinajstić information content (AvgIpc) is 3.57. The number of pyridine rings is 1. The van der Waals surface area contributed by atoms with Crippen LogP contribution in [0, 0.1) is 11.8 Å². The van der Waals surface area contributed by atoms with Crippen LogP contribution in [-0.2, 0) is 20.0 Å². The number of hydrogen-bond donors (Lipinski definition) is 1. The summed E-state index contributed by atoms with van der Waals surface area (Å²) in [7, 11) is 2.00. The number of hydrogen-bond acceptors (Lipinski definition) is 5. The average molecular weight is 444 g/mol. The minimum atomic E-state index is -0.0896. The van der Waals surface area contributed by atoms with E-state index in [-0.39, 0.29) is 11.9 Å². The normalized spacial score (nSPS) is 25.2. The first-order valence-corrected chi connectivity index (χ1v) is 12.2. The van der Waals surface area contributed by atoms with Crippen molar-refractivity contribution in [2.75, 3.05) is 18.0 Å². The Bertz CT molecular complexity index is 1230. The number of fused-ring (bicyclic) bond motifs is 2. The highest BCUT2D eigenvalue weighted by molar-refractivity contribution is 5.94. The van der Waals surface area contributed by atoms with Gasteiger partial charge in [-0.1, -0.05) is 6.07 Å². The SMILES string of the molecule is Cn1cnc2c1CC[C@H]2NC(=O)c1cnn(Cc2ccc(N3CC4CC4C3)nc2C2CC2)c1. The molecule has 0 spiro atoms. The van der Waals surface area contributed by atoms with E-state index in [1.807, 2.05) is 28.8 Å². The van der Waals surface area contributed by atoms with Gasteiger partial charge in [0.2, 0.25) is 0 Å². The number of aromatic nitrogens is 5. The molecule has 0 aromatic carbocycles. The van der Waals surface area contributed by atoms with Crippen LogP contribution < -0.4 is 10.2 Å². The second-order valence-electron chi connectivity index (χ2n) is 10.3. The van der Waals surface area contributed by atoms with Gasteiger partial charge in [-0.25, -0.2) is 9.97 Å². The number of nitrogens with zero attached hydrogens (tertiary/aromatic N) is 6. The molecule has 0 radical (unpaired) electrons. The van der Waals surface area contributed by atoms with E-state index < -0.39 is 0 Å². The van der Waals surface area contributed by atoms with Crippen molar-refractivity contribution in [2.45, 2.75) is 50.6 Å². The van der Waals surface area contributed by atoms with Crippen molar-refractivity contribution >= 4 is 11.7 Å². The van der Waals surface area contributed by atoms with E-state index in [4.69, 9.17) is 4.98 Å². The molecular weight excluding hydrogens is 414 g/mol. The zero-order valence-corrected chi connectivity index (χ0v) is 18.9. The van der Waals surface area contributed by atoms with Gasteiger partial charge in [-0.05, 0) is 55.6 Å². The molecule has 8 heteroatoms. The molecule has 1 N–H and O–H groups in total. The lowest BCUT2D eigenvalue weighted by Gasteiger charge is -2.21. The van der Waals surface area contributed by atoms with Crippen molar-refractivity contribution in [2.24, 2.45) is 18.9 Å². The molecule has 3 aliphatic carbocycles. The molecule has 0 bridgehead atoms. The van der Waals surface area contributed by atoms with Gasteiger partial charge < -0.3 is 14.8 Å². The summed E-state index contributed by atoms with van der Waals surface area (Å²) in [6.07, 6.45) is 11.0. The Morgan fingerprint density at radius 2 is 2.00 bits per heavy atom. The number of carbonyl (C=O) groups is 1. The lowest BCUT2D eigenvalue weighted by molar-refractivity contribution is 0.0936. The summed E-state index contributed by atoms with van der Waals surface area (Å²) in [5.41, 5.74) is 5.24. The number of rotatable bonds is 6. The second kappa shape index (κ2) is 7.17. The summed E-state index contributed by atoms with van der Waals surface area (Å²) in [5.74, 6) is 3.42. The third-order valence-corrected chi connectivity index (χ3v) is 7.89. The van der Waals surface area contributed by atoms with Gasteiger partial charge in [0.15, 0.2) is 0 Å². The molecule has 3 aromatic rings. The maximum atomic E-state index is 12.9. The molecule has 170 valence electrons. The van der Waals surface area contributed by atoms with Crippen LogP contribution in [-0.4, -0.2) is 43.3 Å². The van der Waals surface area contributed by atoms with E-state index in [2.05, 4.69) is 32.4 Å². The molecule has 1 saturated heterocycles. The molecule has 1 aliphatic heterocycles. The molecule has 3 atom stereocenters. The molecule has 7 rings (SSSR count). The lowest BCUT2D eigenvalue weighted by atomic mass is 10.1. The number of anilines is 1. The van der Waals surface area contributed by atoms with Crippen molar-refractivity contribution in [1.82, 2.24) is 29.6 Å². The van der Waals surface area contributed by atoms with E-state index in [0.29, 0.717) is 18.0 Å². The number of amides is 1. The zero-order valence-electron chi connectivity index (χ0n) is 18.9. The Morgan fingerprint density at radius 1 is 1.15 bits per heavy atom. The Balaban J connectivity index is 1.06. The summed E-state index contributed by atoms with van der Waals surface area (Å²) in [6.45, 7) is 2.98. The second-order valence-corrected chi connectivity index (χ2v) is 10.3.